The summed E-state index contributed by atoms with van der Waals surface area (Å²) in [5, 5.41) is 0. The van der Waals surface area contributed by atoms with Crippen molar-refractivity contribution in [2.75, 3.05) is 0 Å². The molecule has 1 aliphatic carbocycles. The Bertz CT molecular complexity index is 650. The molecule has 1 aliphatic rings. The van der Waals surface area contributed by atoms with Crippen molar-refractivity contribution in [3.8, 4) is 0 Å². The number of unbranched alkanes of at least 4 members (excludes halogenated alkanes) is 3. The summed E-state index contributed by atoms with van der Waals surface area (Å²) < 4.78 is 8.87. The molecular weight excluding hydrogens is 411 g/mol. The average molecular weight is 447 g/mol. The molecular formula is C22H36N2Sn. The Labute approximate surface area is 158 Å². The zero-order chi connectivity index (χ0) is 17.7. The van der Waals surface area contributed by atoms with Crippen LogP contribution in [-0.2, 0) is 0 Å². The number of nitrogens with zero attached hydrogens (tertiary/aromatic N) is 2. The molecule has 25 heavy (non-hydrogen) atoms. The fraction of sp³-hybridized carbons (Fsp3) is 0.682. The molecule has 0 saturated heterocycles. The van der Waals surface area contributed by atoms with Gasteiger partial charge in [0, 0.05) is 0 Å². The summed E-state index contributed by atoms with van der Waals surface area (Å²) in [4.78, 5) is 4.99. The van der Waals surface area contributed by atoms with Gasteiger partial charge < -0.3 is 0 Å². The van der Waals surface area contributed by atoms with Gasteiger partial charge in [0.15, 0.2) is 0 Å². The van der Waals surface area contributed by atoms with Crippen LogP contribution in [0.25, 0.3) is 5.65 Å². The van der Waals surface area contributed by atoms with Crippen LogP contribution in [0.4, 0.5) is 0 Å². The molecule has 1 fully saturated rings. The zero-order valence-corrected chi connectivity index (χ0v) is 19.4. The summed E-state index contributed by atoms with van der Waals surface area (Å²) in [5.41, 5.74) is 2.57. The van der Waals surface area contributed by atoms with E-state index in [-0.39, 0.29) is 0 Å². The van der Waals surface area contributed by atoms with Crippen molar-refractivity contribution >= 4 is 27.7 Å². The Morgan fingerprint density at radius 2 is 1.56 bits per heavy atom. The van der Waals surface area contributed by atoms with Crippen molar-refractivity contribution in [1.82, 2.24) is 9.38 Å². The van der Waals surface area contributed by atoms with E-state index in [0.29, 0.717) is 0 Å². The van der Waals surface area contributed by atoms with E-state index in [0.717, 1.165) is 5.92 Å². The molecule has 2 nitrogen and oxygen atoms in total. The summed E-state index contributed by atoms with van der Waals surface area (Å²) in [7, 11) is 0. The molecule has 0 bridgehead atoms. The molecule has 3 rings (SSSR count). The van der Waals surface area contributed by atoms with Crippen LogP contribution in [0, 0.1) is 0 Å². The molecule has 2 aromatic rings. The van der Waals surface area contributed by atoms with Crippen molar-refractivity contribution in [3.05, 3.63) is 30.1 Å². The second-order valence-electron chi connectivity index (χ2n) is 8.17. The third kappa shape index (κ3) is 4.43. The number of rotatable bonds is 11. The van der Waals surface area contributed by atoms with Crippen LogP contribution in [0.3, 0.4) is 0 Å². The standard InChI is InChI=1S/C10H9N2.3C4H9.Sn/c1-2-6-12-7-9(8-4-5-8)11-10(12)3-1;3*1-3-4-2;/h1-3,7-8H,4-5H2;3*1,3-4H2,2H3;. The maximum absolute atomic E-state index is 4.99. The maximum atomic E-state index is 4.99. The molecule has 2 heterocycles. The molecule has 0 aliphatic heterocycles. The predicted octanol–water partition coefficient (Wildman–Crippen LogP) is 6.27. The number of imidazole rings is 1. The Kier molecular flexibility index (Phi) is 6.87. The Morgan fingerprint density at radius 1 is 0.960 bits per heavy atom. The summed E-state index contributed by atoms with van der Waals surface area (Å²) in [6.45, 7) is 7.08. The van der Waals surface area contributed by atoms with Crippen molar-refractivity contribution in [3.63, 3.8) is 0 Å². The van der Waals surface area contributed by atoms with Gasteiger partial charge >= 0.3 is 159 Å². The second-order valence-corrected chi connectivity index (χ2v) is 21.2. The van der Waals surface area contributed by atoms with Crippen LogP contribution in [0.5, 0.6) is 0 Å². The molecule has 0 unspecified atom stereocenters. The first-order chi connectivity index (χ1) is 12.2. The number of hydrogen-bond donors (Lipinski definition) is 0. The molecule has 3 heteroatoms. The van der Waals surface area contributed by atoms with Gasteiger partial charge in [0.25, 0.3) is 0 Å². The van der Waals surface area contributed by atoms with Gasteiger partial charge in [0.05, 0.1) is 0 Å². The number of hydrogen-bond acceptors (Lipinski definition) is 1. The van der Waals surface area contributed by atoms with E-state index >= 15 is 0 Å². The van der Waals surface area contributed by atoms with Gasteiger partial charge in [-0.25, -0.2) is 0 Å². The van der Waals surface area contributed by atoms with Crippen LogP contribution in [-0.4, -0.2) is 27.8 Å². The van der Waals surface area contributed by atoms with Gasteiger partial charge in [-0.15, -0.1) is 0 Å². The second kappa shape index (κ2) is 8.92. The number of pyridine rings is 1. The molecule has 2 aromatic heterocycles. The first-order valence-electron chi connectivity index (χ1n) is 10.7. The van der Waals surface area contributed by atoms with Gasteiger partial charge in [0.2, 0.25) is 0 Å². The van der Waals surface area contributed by atoms with E-state index in [2.05, 4.69) is 49.6 Å². The Morgan fingerprint density at radius 3 is 2.08 bits per heavy atom. The molecule has 1 saturated carbocycles. The quantitative estimate of drug-likeness (QED) is 0.372. The van der Waals surface area contributed by atoms with Crippen molar-refractivity contribution in [1.29, 1.82) is 0 Å². The minimum absolute atomic E-state index is 0.749. The fourth-order valence-corrected chi connectivity index (χ4v) is 20.8. The molecule has 0 amide bonds. The van der Waals surface area contributed by atoms with Crippen molar-refractivity contribution in [2.45, 2.75) is 91.4 Å². The third-order valence-electron chi connectivity index (χ3n) is 6.08. The zero-order valence-electron chi connectivity index (χ0n) is 16.6. The molecule has 0 atom stereocenters. The molecule has 0 aromatic carbocycles. The average Bonchev–Trinajstić information content (AvgIpc) is 3.40. The van der Waals surface area contributed by atoms with Crippen LogP contribution < -0.4 is 3.71 Å². The molecule has 138 valence electrons. The topological polar surface area (TPSA) is 17.3 Å². The van der Waals surface area contributed by atoms with Gasteiger partial charge in [-0.3, -0.25) is 0 Å². The molecule has 0 spiro atoms. The Hall–Kier alpha value is -0.511. The minimum atomic E-state index is -2.40. The fourth-order valence-electron chi connectivity index (χ4n) is 4.34. The summed E-state index contributed by atoms with van der Waals surface area (Å²) in [5.74, 6) is 0.749. The van der Waals surface area contributed by atoms with Crippen molar-refractivity contribution in [2.24, 2.45) is 0 Å². The molecule has 0 N–H and O–H groups in total. The van der Waals surface area contributed by atoms with Gasteiger partial charge in [-0.1, -0.05) is 0 Å². The van der Waals surface area contributed by atoms with E-state index in [9.17, 15) is 0 Å². The van der Waals surface area contributed by atoms with Gasteiger partial charge in [0.1, 0.15) is 0 Å². The first kappa shape index (κ1) is 19.3. The van der Waals surface area contributed by atoms with Gasteiger partial charge in [-0.05, 0) is 0 Å². The van der Waals surface area contributed by atoms with Crippen LogP contribution in [0.1, 0.15) is 83.7 Å². The number of aromatic nitrogens is 2. The third-order valence-corrected chi connectivity index (χ3v) is 21.6. The monoisotopic (exact) mass is 448 g/mol. The van der Waals surface area contributed by atoms with E-state index in [4.69, 9.17) is 4.98 Å². The molecule has 0 radical (unpaired) electrons. The SMILES string of the molecule is CCC[CH2][Sn]([CH2]CCC)([CH2]CCC)[c]1cccc2nc(C3CC3)cn12. The van der Waals surface area contributed by atoms with E-state index in [1.807, 2.05) is 0 Å². The van der Waals surface area contributed by atoms with Gasteiger partial charge in [-0.2, -0.15) is 0 Å². The summed E-state index contributed by atoms with van der Waals surface area (Å²) >= 11 is -2.40. The Balaban J connectivity index is 2.04. The summed E-state index contributed by atoms with van der Waals surface area (Å²) in [6.07, 6.45) is 13.4. The van der Waals surface area contributed by atoms with Crippen LogP contribution >= 0.6 is 0 Å². The van der Waals surface area contributed by atoms with Crippen LogP contribution in [0.2, 0.25) is 13.3 Å². The van der Waals surface area contributed by atoms with Crippen LogP contribution in [0.15, 0.2) is 24.4 Å². The predicted molar refractivity (Wildman–Crippen MR) is 112 cm³/mol. The number of fused-ring (bicyclic) bond motifs is 1. The van der Waals surface area contributed by atoms with E-state index < -0.39 is 18.4 Å². The van der Waals surface area contributed by atoms with E-state index in [1.54, 1.807) is 3.71 Å². The van der Waals surface area contributed by atoms with E-state index in [1.165, 1.54) is 76.0 Å². The normalized spacial score (nSPS) is 15.2. The summed E-state index contributed by atoms with van der Waals surface area (Å²) in [6, 6.07) is 7.01. The van der Waals surface area contributed by atoms with Crippen molar-refractivity contribution < 1.29 is 0 Å². The first-order valence-corrected chi connectivity index (χ1v) is 18.2.